The zero-order valence-corrected chi connectivity index (χ0v) is 20.8. The first-order chi connectivity index (χ1) is 16.7. The van der Waals surface area contributed by atoms with E-state index in [9.17, 15) is 13.2 Å². The van der Waals surface area contributed by atoms with Gasteiger partial charge in [-0.1, -0.05) is 68.8 Å². The van der Waals surface area contributed by atoms with Crippen LogP contribution in [0.15, 0.2) is 71.6 Å². The van der Waals surface area contributed by atoms with Crippen LogP contribution in [-0.4, -0.2) is 26.1 Å². The molecule has 35 heavy (non-hydrogen) atoms. The predicted molar refractivity (Wildman–Crippen MR) is 136 cm³/mol. The first kappa shape index (κ1) is 24.9. The highest BCUT2D eigenvalue weighted by molar-refractivity contribution is 7.89. The molecule has 1 unspecified atom stereocenters. The zero-order valence-electron chi connectivity index (χ0n) is 20.0. The van der Waals surface area contributed by atoms with Crippen LogP contribution in [-0.2, 0) is 21.2 Å². The summed E-state index contributed by atoms with van der Waals surface area (Å²) in [5.41, 5.74) is 4.74. The number of ether oxygens (including phenoxy) is 1. The summed E-state index contributed by atoms with van der Waals surface area (Å²) in [7, 11) is -3.80. The average Bonchev–Trinajstić information content (AvgIpc) is 3.05. The maximum atomic E-state index is 13.5. The van der Waals surface area contributed by atoms with Crippen molar-refractivity contribution in [3.63, 3.8) is 0 Å². The standard InChI is InChI=1S/C28H31NO5S/c1-19(2)20-8-5-9-21(16-20)22-10-6-11-23(17-22)35(32,33)29-26-14-4-3-12-25-24(26)13-7-15-27(25)34-18-28(30)31/h5-11,13,15-17,19,26,29H,3-4,12,14,18H2,1-2H3,(H,30,31). The van der Waals surface area contributed by atoms with Gasteiger partial charge in [-0.15, -0.1) is 0 Å². The fraction of sp³-hybridized carbons (Fsp3) is 0.321. The number of rotatable bonds is 8. The lowest BCUT2D eigenvalue weighted by Gasteiger charge is -2.21. The molecular formula is C28H31NO5S. The number of hydrogen-bond acceptors (Lipinski definition) is 4. The Labute approximate surface area is 207 Å². The van der Waals surface area contributed by atoms with Gasteiger partial charge in [0.1, 0.15) is 5.75 Å². The Hall–Kier alpha value is -3.16. The average molecular weight is 494 g/mol. The molecule has 1 aliphatic carbocycles. The normalized spacial score (nSPS) is 15.9. The van der Waals surface area contributed by atoms with E-state index in [0.29, 0.717) is 24.5 Å². The molecule has 3 aromatic rings. The number of sulfonamides is 1. The first-order valence-electron chi connectivity index (χ1n) is 11.9. The second-order valence-corrected chi connectivity index (χ2v) is 10.9. The Morgan fingerprint density at radius 3 is 2.49 bits per heavy atom. The molecule has 0 saturated carbocycles. The highest BCUT2D eigenvalue weighted by Crippen LogP contribution is 2.35. The maximum absolute atomic E-state index is 13.5. The van der Waals surface area contributed by atoms with Crippen LogP contribution in [0.25, 0.3) is 11.1 Å². The molecule has 0 bridgehead atoms. The van der Waals surface area contributed by atoms with Gasteiger partial charge in [0.2, 0.25) is 10.0 Å². The highest BCUT2D eigenvalue weighted by Gasteiger charge is 2.27. The van der Waals surface area contributed by atoms with Crippen LogP contribution in [0, 0.1) is 0 Å². The molecule has 0 aliphatic heterocycles. The number of benzene rings is 3. The minimum atomic E-state index is -3.80. The van der Waals surface area contributed by atoms with Gasteiger partial charge in [0, 0.05) is 6.04 Å². The molecule has 184 valence electrons. The Morgan fingerprint density at radius 2 is 1.74 bits per heavy atom. The van der Waals surface area contributed by atoms with Crippen molar-refractivity contribution in [2.75, 3.05) is 6.61 Å². The molecule has 6 nitrogen and oxygen atoms in total. The molecule has 3 aromatic carbocycles. The SMILES string of the molecule is CC(C)c1cccc(-c2cccc(S(=O)(=O)NC3CCCCc4c(OCC(=O)O)cccc43)c2)c1. The quantitative estimate of drug-likeness (QED) is 0.394. The molecule has 0 heterocycles. The van der Waals surface area contributed by atoms with Crippen molar-refractivity contribution in [3.05, 3.63) is 83.4 Å². The van der Waals surface area contributed by atoms with Crippen LogP contribution in [0.5, 0.6) is 5.75 Å². The van der Waals surface area contributed by atoms with Gasteiger partial charge < -0.3 is 9.84 Å². The topological polar surface area (TPSA) is 92.7 Å². The summed E-state index contributed by atoms with van der Waals surface area (Å²) in [5.74, 6) is -0.168. The lowest BCUT2D eigenvalue weighted by atomic mass is 9.97. The molecule has 0 saturated heterocycles. The Morgan fingerprint density at radius 1 is 1.03 bits per heavy atom. The van der Waals surface area contributed by atoms with Gasteiger partial charge in [0.25, 0.3) is 0 Å². The Balaban J connectivity index is 1.63. The fourth-order valence-electron chi connectivity index (χ4n) is 4.55. The molecule has 7 heteroatoms. The summed E-state index contributed by atoms with van der Waals surface area (Å²) in [5, 5.41) is 9.00. The third-order valence-electron chi connectivity index (χ3n) is 6.39. The number of nitrogens with one attached hydrogen (secondary N) is 1. The summed E-state index contributed by atoms with van der Waals surface area (Å²) in [6.07, 6.45) is 3.10. The van der Waals surface area contributed by atoms with Gasteiger partial charge in [0.15, 0.2) is 6.61 Å². The molecule has 0 amide bonds. The number of aliphatic carboxylic acids is 1. The van der Waals surface area contributed by atoms with E-state index in [-0.39, 0.29) is 4.90 Å². The summed E-state index contributed by atoms with van der Waals surface area (Å²) in [4.78, 5) is 11.2. The third kappa shape index (κ3) is 5.92. The molecular weight excluding hydrogens is 462 g/mol. The van der Waals surface area contributed by atoms with Gasteiger partial charge in [-0.25, -0.2) is 17.9 Å². The first-order valence-corrected chi connectivity index (χ1v) is 13.4. The van der Waals surface area contributed by atoms with E-state index in [2.05, 4.69) is 30.7 Å². The lowest BCUT2D eigenvalue weighted by molar-refractivity contribution is -0.139. The van der Waals surface area contributed by atoms with Crippen molar-refractivity contribution in [2.24, 2.45) is 0 Å². The lowest BCUT2D eigenvalue weighted by Crippen LogP contribution is -2.29. The molecule has 0 radical (unpaired) electrons. The molecule has 0 aromatic heterocycles. The smallest absolute Gasteiger partial charge is 0.341 e. The maximum Gasteiger partial charge on any atom is 0.341 e. The van der Waals surface area contributed by atoms with Crippen LogP contribution in [0.2, 0.25) is 0 Å². The van der Waals surface area contributed by atoms with E-state index in [4.69, 9.17) is 9.84 Å². The monoisotopic (exact) mass is 493 g/mol. The molecule has 0 spiro atoms. The summed E-state index contributed by atoms with van der Waals surface area (Å²) in [6, 6.07) is 20.2. The molecule has 0 fully saturated rings. The van der Waals surface area contributed by atoms with Crippen LogP contribution < -0.4 is 9.46 Å². The number of carbonyl (C=O) groups is 1. The number of carboxylic acid groups (broad SMARTS) is 1. The van der Waals surface area contributed by atoms with Gasteiger partial charge in [-0.05, 0) is 71.2 Å². The Kier molecular flexibility index (Phi) is 7.57. The minimum Gasteiger partial charge on any atom is -0.482 e. The van der Waals surface area contributed by atoms with E-state index in [1.54, 1.807) is 30.3 Å². The van der Waals surface area contributed by atoms with Crippen molar-refractivity contribution in [1.82, 2.24) is 4.72 Å². The number of hydrogen-bond donors (Lipinski definition) is 2. The fourth-order valence-corrected chi connectivity index (χ4v) is 5.85. The van der Waals surface area contributed by atoms with E-state index in [1.165, 1.54) is 5.56 Å². The van der Waals surface area contributed by atoms with Crippen molar-refractivity contribution < 1.29 is 23.1 Å². The van der Waals surface area contributed by atoms with Crippen LogP contribution in [0.4, 0.5) is 0 Å². The molecule has 2 N–H and O–H groups in total. The summed E-state index contributed by atoms with van der Waals surface area (Å²) < 4.78 is 35.3. The largest absolute Gasteiger partial charge is 0.482 e. The van der Waals surface area contributed by atoms with E-state index in [1.807, 2.05) is 24.3 Å². The van der Waals surface area contributed by atoms with Crippen LogP contribution in [0.3, 0.4) is 0 Å². The Bertz CT molecular complexity index is 1320. The number of fused-ring (bicyclic) bond motifs is 1. The second-order valence-electron chi connectivity index (χ2n) is 9.23. The van der Waals surface area contributed by atoms with Gasteiger partial charge in [0.05, 0.1) is 4.90 Å². The third-order valence-corrected chi connectivity index (χ3v) is 7.86. The summed E-state index contributed by atoms with van der Waals surface area (Å²) in [6.45, 7) is 3.83. The molecule has 1 atom stereocenters. The highest BCUT2D eigenvalue weighted by atomic mass is 32.2. The van der Waals surface area contributed by atoms with Crippen LogP contribution in [0.1, 0.15) is 61.8 Å². The van der Waals surface area contributed by atoms with Crippen molar-refractivity contribution in [2.45, 2.75) is 56.4 Å². The van der Waals surface area contributed by atoms with Gasteiger partial charge in [-0.3, -0.25) is 0 Å². The van der Waals surface area contributed by atoms with Gasteiger partial charge in [-0.2, -0.15) is 0 Å². The van der Waals surface area contributed by atoms with Crippen molar-refractivity contribution >= 4 is 16.0 Å². The predicted octanol–water partition coefficient (Wildman–Crippen LogP) is 5.69. The van der Waals surface area contributed by atoms with E-state index < -0.39 is 28.6 Å². The number of carboxylic acids is 1. The molecule has 4 rings (SSSR count). The van der Waals surface area contributed by atoms with Crippen LogP contribution >= 0.6 is 0 Å². The minimum absolute atomic E-state index is 0.217. The van der Waals surface area contributed by atoms with E-state index >= 15 is 0 Å². The summed E-state index contributed by atoms with van der Waals surface area (Å²) >= 11 is 0. The van der Waals surface area contributed by atoms with E-state index in [0.717, 1.165) is 35.1 Å². The second kappa shape index (κ2) is 10.6. The van der Waals surface area contributed by atoms with Crippen molar-refractivity contribution in [1.29, 1.82) is 0 Å². The van der Waals surface area contributed by atoms with Gasteiger partial charge >= 0.3 is 5.97 Å². The van der Waals surface area contributed by atoms with Crippen molar-refractivity contribution in [3.8, 4) is 16.9 Å². The zero-order chi connectivity index (χ0) is 25.0. The molecule has 1 aliphatic rings.